The van der Waals surface area contributed by atoms with Crippen molar-refractivity contribution < 1.29 is 9.47 Å². The molecule has 5 rings (SSSR count). The Kier molecular flexibility index (Phi) is 3.98. The van der Waals surface area contributed by atoms with E-state index < -0.39 is 0 Å². The Labute approximate surface area is 168 Å². The molecule has 0 bridgehead atoms. The molecule has 0 saturated carbocycles. The zero-order chi connectivity index (χ0) is 19.3. The molecule has 1 N–H and O–H groups in total. The van der Waals surface area contributed by atoms with E-state index in [9.17, 15) is 0 Å². The highest BCUT2D eigenvalue weighted by Gasteiger charge is 2.42. The fourth-order valence-electron chi connectivity index (χ4n) is 3.90. The monoisotopic (exact) mass is 392 g/mol. The number of aryl methyl sites for hydroxylation is 1. The first-order valence-electron chi connectivity index (χ1n) is 9.16. The van der Waals surface area contributed by atoms with Gasteiger partial charge in [0.15, 0.2) is 16.6 Å². The van der Waals surface area contributed by atoms with E-state index in [-0.39, 0.29) is 18.9 Å². The third-order valence-electron chi connectivity index (χ3n) is 5.45. The Bertz CT molecular complexity index is 1050. The van der Waals surface area contributed by atoms with Gasteiger partial charge in [-0.05, 0) is 55.5 Å². The molecule has 0 spiro atoms. The van der Waals surface area contributed by atoms with Gasteiger partial charge < -0.3 is 24.3 Å². The summed E-state index contributed by atoms with van der Waals surface area (Å²) in [5.74, 6) is 1.50. The minimum Gasteiger partial charge on any atom is -0.454 e. The van der Waals surface area contributed by atoms with Gasteiger partial charge in [-0.1, -0.05) is 6.07 Å². The summed E-state index contributed by atoms with van der Waals surface area (Å²) < 4.78 is 13.3. The normalized spacial score (nSPS) is 20.5. The topological polar surface area (TPSA) is 51.6 Å². The van der Waals surface area contributed by atoms with Gasteiger partial charge in [0.25, 0.3) is 0 Å². The number of thiocarbonyl (C=S) groups is 1. The molecule has 2 aliphatic rings. The summed E-state index contributed by atoms with van der Waals surface area (Å²) in [4.78, 5) is 6.73. The van der Waals surface area contributed by atoms with Gasteiger partial charge in [-0.3, -0.25) is 4.98 Å². The summed E-state index contributed by atoms with van der Waals surface area (Å²) in [7, 11) is 2.08. The van der Waals surface area contributed by atoms with Gasteiger partial charge in [0, 0.05) is 36.4 Å². The molecular formula is C21H20N4O2S. The van der Waals surface area contributed by atoms with Crippen LogP contribution in [0.5, 0.6) is 11.5 Å². The Balaban J connectivity index is 1.64. The molecule has 0 radical (unpaired) electrons. The van der Waals surface area contributed by atoms with Crippen molar-refractivity contribution in [2.24, 2.45) is 7.05 Å². The molecular weight excluding hydrogens is 372 g/mol. The Morgan fingerprint density at radius 1 is 1.11 bits per heavy atom. The first kappa shape index (κ1) is 17.1. The van der Waals surface area contributed by atoms with Crippen molar-refractivity contribution in [2.75, 3.05) is 11.7 Å². The first-order valence-corrected chi connectivity index (χ1v) is 9.57. The highest BCUT2D eigenvalue weighted by Crippen LogP contribution is 2.44. The maximum absolute atomic E-state index is 5.76. The zero-order valence-electron chi connectivity index (χ0n) is 15.6. The van der Waals surface area contributed by atoms with Crippen LogP contribution in [-0.2, 0) is 7.05 Å². The number of nitrogens with zero attached hydrogens (tertiary/aromatic N) is 3. The van der Waals surface area contributed by atoms with Crippen molar-refractivity contribution in [1.29, 1.82) is 0 Å². The van der Waals surface area contributed by atoms with Crippen LogP contribution >= 0.6 is 12.2 Å². The molecule has 1 aromatic carbocycles. The number of hydrogen-bond acceptors (Lipinski definition) is 4. The van der Waals surface area contributed by atoms with E-state index >= 15 is 0 Å². The van der Waals surface area contributed by atoms with Crippen LogP contribution in [0.15, 0.2) is 54.7 Å². The van der Waals surface area contributed by atoms with Crippen molar-refractivity contribution in [3.8, 4) is 11.5 Å². The third kappa shape index (κ3) is 2.62. The lowest BCUT2D eigenvalue weighted by atomic mass is 10.0. The lowest BCUT2D eigenvalue weighted by Gasteiger charge is -2.28. The summed E-state index contributed by atoms with van der Waals surface area (Å²) in [6, 6.07) is 16.1. The summed E-state index contributed by atoms with van der Waals surface area (Å²) >= 11 is 5.76. The number of pyridine rings is 1. The van der Waals surface area contributed by atoms with Gasteiger partial charge in [-0.25, -0.2) is 0 Å². The van der Waals surface area contributed by atoms with Crippen LogP contribution in [0.4, 0.5) is 5.69 Å². The van der Waals surface area contributed by atoms with E-state index in [1.165, 1.54) is 5.69 Å². The van der Waals surface area contributed by atoms with E-state index in [0.717, 1.165) is 28.6 Å². The second-order valence-electron chi connectivity index (χ2n) is 6.99. The molecule has 0 unspecified atom stereocenters. The third-order valence-corrected chi connectivity index (χ3v) is 5.76. The molecule has 4 heterocycles. The number of anilines is 1. The minimum absolute atomic E-state index is 0.0403. The minimum atomic E-state index is -0.0628. The predicted octanol–water partition coefficient (Wildman–Crippen LogP) is 3.63. The van der Waals surface area contributed by atoms with Crippen LogP contribution in [0, 0.1) is 6.92 Å². The zero-order valence-corrected chi connectivity index (χ0v) is 16.4. The summed E-state index contributed by atoms with van der Waals surface area (Å²) in [5, 5.41) is 4.15. The standard InChI is InChI=1S/C21H20N4O2S/c1-13-6-8-16(24(13)2)20-19(15-5-3-4-10-22-15)23-21(28)25(20)14-7-9-17-18(11-14)27-12-26-17/h3-11,19-20H,12H2,1-2H3,(H,23,28)/t19-,20+/m1/s1. The maximum atomic E-state index is 5.76. The Morgan fingerprint density at radius 3 is 2.71 bits per heavy atom. The number of nitrogens with one attached hydrogen (secondary N) is 1. The van der Waals surface area contributed by atoms with Gasteiger partial charge in [-0.2, -0.15) is 0 Å². The van der Waals surface area contributed by atoms with E-state index in [1.807, 2.05) is 42.6 Å². The molecule has 28 heavy (non-hydrogen) atoms. The first-order chi connectivity index (χ1) is 13.6. The van der Waals surface area contributed by atoms with Crippen molar-refractivity contribution in [1.82, 2.24) is 14.9 Å². The number of ether oxygens (including phenoxy) is 2. The average Bonchev–Trinajstić information content (AvgIpc) is 3.40. The molecule has 2 aromatic heterocycles. The molecule has 2 aliphatic heterocycles. The number of benzene rings is 1. The second kappa shape index (κ2) is 6.53. The van der Waals surface area contributed by atoms with E-state index in [0.29, 0.717) is 5.11 Å². The summed E-state index contributed by atoms with van der Waals surface area (Å²) in [5.41, 5.74) is 4.28. The fourth-order valence-corrected chi connectivity index (χ4v) is 4.24. The highest BCUT2D eigenvalue weighted by atomic mass is 32.1. The van der Waals surface area contributed by atoms with Crippen LogP contribution < -0.4 is 19.7 Å². The molecule has 1 fully saturated rings. The molecule has 7 heteroatoms. The van der Waals surface area contributed by atoms with Crippen LogP contribution in [0.2, 0.25) is 0 Å². The molecule has 142 valence electrons. The van der Waals surface area contributed by atoms with Crippen LogP contribution in [0.1, 0.15) is 29.2 Å². The summed E-state index contributed by atoms with van der Waals surface area (Å²) in [6.07, 6.45) is 1.82. The molecule has 0 amide bonds. The second-order valence-corrected chi connectivity index (χ2v) is 7.38. The Morgan fingerprint density at radius 2 is 1.96 bits per heavy atom. The number of aromatic nitrogens is 2. The highest BCUT2D eigenvalue weighted by molar-refractivity contribution is 7.80. The number of fused-ring (bicyclic) bond motifs is 1. The molecule has 1 saturated heterocycles. The van der Waals surface area contributed by atoms with E-state index in [1.54, 1.807) is 0 Å². The molecule has 3 aromatic rings. The van der Waals surface area contributed by atoms with Gasteiger partial charge in [0.2, 0.25) is 6.79 Å². The lowest BCUT2D eigenvalue weighted by Crippen LogP contribution is -2.30. The van der Waals surface area contributed by atoms with Crippen LogP contribution in [0.25, 0.3) is 0 Å². The van der Waals surface area contributed by atoms with Crippen molar-refractivity contribution in [3.05, 3.63) is 71.8 Å². The smallest absolute Gasteiger partial charge is 0.231 e. The molecule has 2 atom stereocenters. The van der Waals surface area contributed by atoms with E-state index in [4.69, 9.17) is 21.7 Å². The largest absolute Gasteiger partial charge is 0.454 e. The van der Waals surface area contributed by atoms with Crippen molar-refractivity contribution in [2.45, 2.75) is 19.0 Å². The Hall–Kier alpha value is -3.06. The lowest BCUT2D eigenvalue weighted by molar-refractivity contribution is 0.174. The average molecular weight is 392 g/mol. The predicted molar refractivity (Wildman–Crippen MR) is 111 cm³/mol. The fraction of sp³-hybridized carbons (Fsp3) is 0.238. The summed E-state index contributed by atoms with van der Waals surface area (Å²) in [6.45, 7) is 2.35. The van der Waals surface area contributed by atoms with E-state index in [2.05, 4.69) is 45.9 Å². The van der Waals surface area contributed by atoms with Gasteiger partial charge in [0.05, 0.1) is 11.7 Å². The number of rotatable bonds is 3. The van der Waals surface area contributed by atoms with Crippen LogP contribution in [0.3, 0.4) is 0 Å². The van der Waals surface area contributed by atoms with Crippen molar-refractivity contribution >= 4 is 23.0 Å². The quantitative estimate of drug-likeness (QED) is 0.687. The number of hydrogen-bond donors (Lipinski definition) is 1. The van der Waals surface area contributed by atoms with Crippen LogP contribution in [-0.4, -0.2) is 21.5 Å². The molecule has 6 nitrogen and oxygen atoms in total. The van der Waals surface area contributed by atoms with Gasteiger partial charge in [0.1, 0.15) is 6.04 Å². The maximum Gasteiger partial charge on any atom is 0.231 e. The van der Waals surface area contributed by atoms with Gasteiger partial charge in [-0.15, -0.1) is 0 Å². The van der Waals surface area contributed by atoms with Gasteiger partial charge >= 0.3 is 0 Å². The SMILES string of the molecule is Cc1ccc([C@H]2[C@@H](c3ccccn3)NC(=S)N2c2ccc3c(c2)OCO3)n1C. The van der Waals surface area contributed by atoms with Crippen molar-refractivity contribution in [3.63, 3.8) is 0 Å². The molecule has 0 aliphatic carbocycles.